The number of unbranched alkanes of at least 4 members (excludes halogenated alkanes) is 1. The fourth-order valence-electron chi connectivity index (χ4n) is 8.00. The molecule has 3 N–H and O–H groups in total. The molecule has 28 heavy (non-hydrogen) atoms. The quantitative estimate of drug-likeness (QED) is 0.391. The van der Waals surface area contributed by atoms with Crippen LogP contribution in [0.4, 0.5) is 0 Å². The molecule has 0 aliphatic heterocycles. The van der Waals surface area contributed by atoms with Crippen LogP contribution >= 0.6 is 0 Å². The van der Waals surface area contributed by atoms with Crippen molar-refractivity contribution in [1.82, 2.24) is 0 Å². The van der Waals surface area contributed by atoms with Crippen LogP contribution in [-0.4, -0.2) is 30.6 Å². The van der Waals surface area contributed by atoms with E-state index in [-0.39, 0.29) is 6.10 Å². The van der Waals surface area contributed by atoms with Crippen LogP contribution in [0.5, 0.6) is 0 Å². The SMILES string of the molecule is C[C@]12CCC(O)CC1CC[C@@H]1[C@H]2CC[C@]2(C)C(/C=N/OCCCCN)CC[C@@H]12. The van der Waals surface area contributed by atoms with Gasteiger partial charge in [0.1, 0.15) is 6.61 Å². The molecular weight excluding hydrogens is 348 g/mol. The largest absolute Gasteiger partial charge is 0.396 e. The van der Waals surface area contributed by atoms with Gasteiger partial charge in [0.15, 0.2) is 0 Å². The average molecular weight is 391 g/mol. The summed E-state index contributed by atoms with van der Waals surface area (Å²) in [7, 11) is 0. The van der Waals surface area contributed by atoms with Crippen LogP contribution in [0.3, 0.4) is 0 Å². The number of oxime groups is 1. The maximum Gasteiger partial charge on any atom is 0.117 e. The van der Waals surface area contributed by atoms with Gasteiger partial charge in [-0.05, 0) is 112 Å². The second kappa shape index (κ2) is 8.26. The number of hydrogen-bond donors (Lipinski definition) is 2. The fraction of sp³-hybridized carbons (Fsp3) is 0.958. The molecule has 0 aromatic heterocycles. The smallest absolute Gasteiger partial charge is 0.117 e. The molecule has 0 amide bonds. The van der Waals surface area contributed by atoms with E-state index >= 15 is 0 Å². The molecule has 8 atom stereocenters. The summed E-state index contributed by atoms with van der Waals surface area (Å²) in [6, 6.07) is 0. The molecule has 0 bridgehead atoms. The number of hydrogen-bond acceptors (Lipinski definition) is 4. The lowest BCUT2D eigenvalue weighted by Gasteiger charge is -2.60. The Bertz CT molecular complexity index is 567. The normalized spacial score (nSPS) is 48.1. The van der Waals surface area contributed by atoms with E-state index in [1.54, 1.807) is 0 Å². The summed E-state index contributed by atoms with van der Waals surface area (Å²) in [5.74, 6) is 3.94. The number of aliphatic hydroxyl groups excluding tert-OH is 1. The molecule has 4 aliphatic carbocycles. The zero-order valence-electron chi connectivity index (χ0n) is 18.1. The van der Waals surface area contributed by atoms with Crippen molar-refractivity contribution in [3.8, 4) is 0 Å². The lowest BCUT2D eigenvalue weighted by Crippen LogP contribution is -2.54. The summed E-state index contributed by atoms with van der Waals surface area (Å²) in [4.78, 5) is 5.52. The second-order valence-electron chi connectivity index (χ2n) is 10.9. The molecule has 4 fully saturated rings. The zero-order chi connectivity index (χ0) is 19.8. The van der Waals surface area contributed by atoms with Gasteiger partial charge in [-0.3, -0.25) is 0 Å². The summed E-state index contributed by atoms with van der Waals surface area (Å²) >= 11 is 0. The molecular formula is C24H42N2O2. The Labute approximate surface area is 171 Å². The fourth-order valence-corrected chi connectivity index (χ4v) is 8.00. The zero-order valence-corrected chi connectivity index (χ0v) is 18.1. The van der Waals surface area contributed by atoms with E-state index in [0.717, 1.165) is 55.9 Å². The van der Waals surface area contributed by atoms with E-state index in [9.17, 15) is 5.11 Å². The average Bonchev–Trinajstić information content (AvgIpc) is 3.01. The number of rotatable bonds is 6. The molecule has 0 radical (unpaired) electrons. The number of aliphatic hydroxyl groups is 1. The van der Waals surface area contributed by atoms with Crippen LogP contribution in [0.2, 0.25) is 0 Å². The van der Waals surface area contributed by atoms with Gasteiger partial charge in [-0.15, -0.1) is 0 Å². The van der Waals surface area contributed by atoms with Crippen molar-refractivity contribution in [3.63, 3.8) is 0 Å². The van der Waals surface area contributed by atoms with E-state index in [1.807, 2.05) is 0 Å². The summed E-state index contributed by atoms with van der Waals surface area (Å²) < 4.78 is 0. The topological polar surface area (TPSA) is 67.8 Å². The van der Waals surface area contributed by atoms with Crippen LogP contribution < -0.4 is 5.73 Å². The van der Waals surface area contributed by atoms with Crippen molar-refractivity contribution in [1.29, 1.82) is 0 Å². The Hall–Kier alpha value is -0.610. The molecule has 0 spiro atoms. The highest BCUT2D eigenvalue weighted by Crippen LogP contribution is 2.67. The van der Waals surface area contributed by atoms with Gasteiger partial charge in [-0.25, -0.2) is 0 Å². The van der Waals surface area contributed by atoms with Crippen LogP contribution in [0.25, 0.3) is 0 Å². The predicted octanol–water partition coefficient (Wildman–Crippen LogP) is 4.75. The molecule has 4 saturated carbocycles. The highest BCUT2D eigenvalue weighted by atomic mass is 16.6. The Morgan fingerprint density at radius 1 is 1.00 bits per heavy atom. The number of nitrogens with zero attached hydrogens (tertiary/aromatic N) is 1. The van der Waals surface area contributed by atoms with Crippen LogP contribution in [0.15, 0.2) is 5.16 Å². The first-order valence-corrected chi connectivity index (χ1v) is 12.0. The molecule has 4 aliphatic rings. The summed E-state index contributed by atoms with van der Waals surface area (Å²) in [5.41, 5.74) is 6.42. The van der Waals surface area contributed by atoms with Crippen molar-refractivity contribution in [2.45, 2.75) is 90.6 Å². The first kappa shape index (κ1) is 20.7. The van der Waals surface area contributed by atoms with Gasteiger partial charge in [0, 0.05) is 12.1 Å². The lowest BCUT2D eigenvalue weighted by molar-refractivity contribution is -0.123. The van der Waals surface area contributed by atoms with Gasteiger partial charge in [-0.1, -0.05) is 19.0 Å². The summed E-state index contributed by atoms with van der Waals surface area (Å²) in [6.07, 6.45) is 15.5. The van der Waals surface area contributed by atoms with Crippen molar-refractivity contribution in [3.05, 3.63) is 0 Å². The first-order valence-electron chi connectivity index (χ1n) is 12.0. The molecule has 160 valence electrons. The van der Waals surface area contributed by atoms with Crippen LogP contribution in [0.1, 0.15) is 84.5 Å². The minimum absolute atomic E-state index is 0.0413. The molecule has 0 aromatic rings. The third-order valence-corrected chi connectivity index (χ3v) is 9.72. The Balaban J connectivity index is 1.41. The van der Waals surface area contributed by atoms with Crippen LogP contribution in [0, 0.1) is 40.4 Å². The molecule has 0 heterocycles. The Morgan fingerprint density at radius 2 is 1.79 bits per heavy atom. The van der Waals surface area contributed by atoms with Crippen molar-refractivity contribution < 1.29 is 9.94 Å². The molecule has 4 nitrogen and oxygen atoms in total. The molecule has 4 heteroatoms. The summed E-state index contributed by atoms with van der Waals surface area (Å²) in [6.45, 7) is 6.55. The minimum Gasteiger partial charge on any atom is -0.396 e. The van der Waals surface area contributed by atoms with Gasteiger partial charge in [0.05, 0.1) is 6.10 Å². The van der Waals surface area contributed by atoms with E-state index in [0.29, 0.717) is 23.4 Å². The van der Waals surface area contributed by atoms with Crippen molar-refractivity contribution in [2.75, 3.05) is 13.2 Å². The standard InChI is InChI=1S/C24H42N2O2/c1-23-11-9-19(27)15-17(23)5-7-20-21-8-6-18(16-26-28-14-4-3-13-25)24(21,2)12-10-22(20)23/h16-22,27H,3-15,25H2,1-2H3/b26-16+/t17?,18?,19?,20-,21-,22+,23-,24+/m0/s1. The third kappa shape index (κ3) is 3.53. The monoisotopic (exact) mass is 390 g/mol. The van der Waals surface area contributed by atoms with E-state index in [4.69, 9.17) is 10.6 Å². The summed E-state index contributed by atoms with van der Waals surface area (Å²) in [5, 5.41) is 14.6. The van der Waals surface area contributed by atoms with E-state index in [2.05, 4.69) is 25.2 Å². The number of fused-ring (bicyclic) bond motifs is 5. The molecule has 3 unspecified atom stereocenters. The molecule has 0 aromatic carbocycles. The highest BCUT2D eigenvalue weighted by Gasteiger charge is 2.59. The maximum absolute atomic E-state index is 10.2. The van der Waals surface area contributed by atoms with Crippen molar-refractivity contribution in [2.24, 2.45) is 51.3 Å². The van der Waals surface area contributed by atoms with Gasteiger partial charge in [0.2, 0.25) is 0 Å². The van der Waals surface area contributed by atoms with Gasteiger partial charge in [0.25, 0.3) is 0 Å². The lowest BCUT2D eigenvalue weighted by atomic mass is 9.45. The Kier molecular flexibility index (Phi) is 6.09. The molecule has 4 rings (SSSR count). The second-order valence-corrected chi connectivity index (χ2v) is 10.9. The van der Waals surface area contributed by atoms with Gasteiger partial charge >= 0.3 is 0 Å². The first-order chi connectivity index (χ1) is 13.5. The van der Waals surface area contributed by atoms with Crippen molar-refractivity contribution >= 4 is 6.21 Å². The Morgan fingerprint density at radius 3 is 2.61 bits per heavy atom. The van der Waals surface area contributed by atoms with E-state index < -0.39 is 0 Å². The maximum atomic E-state index is 10.2. The minimum atomic E-state index is -0.0413. The van der Waals surface area contributed by atoms with Gasteiger partial charge in [-0.2, -0.15) is 0 Å². The third-order valence-electron chi connectivity index (χ3n) is 9.72. The molecule has 0 saturated heterocycles. The van der Waals surface area contributed by atoms with E-state index in [1.165, 1.54) is 44.9 Å². The predicted molar refractivity (Wildman–Crippen MR) is 114 cm³/mol. The highest BCUT2D eigenvalue weighted by molar-refractivity contribution is 5.62. The van der Waals surface area contributed by atoms with Gasteiger partial charge < -0.3 is 15.7 Å². The number of nitrogens with two attached hydrogens (primary N) is 1. The van der Waals surface area contributed by atoms with Crippen LogP contribution in [-0.2, 0) is 4.84 Å².